The largest absolute Gasteiger partial charge is 0.278 e. The molecule has 0 bridgehead atoms. The Morgan fingerprint density at radius 2 is 1.27 bits per heavy atom. The van der Waals surface area contributed by atoms with Crippen LogP contribution in [0.1, 0.15) is 0 Å². The van der Waals surface area contributed by atoms with Crippen molar-refractivity contribution in [3.63, 3.8) is 0 Å². The highest BCUT2D eigenvalue weighted by Crippen LogP contribution is 2.46. The summed E-state index contributed by atoms with van der Waals surface area (Å²) in [5.41, 5.74) is 5.42. The summed E-state index contributed by atoms with van der Waals surface area (Å²) in [6.07, 6.45) is 0. The highest BCUT2D eigenvalue weighted by atomic mass is 32.2. The zero-order chi connectivity index (χ0) is 19.7. The lowest BCUT2D eigenvalue weighted by atomic mass is 10.1. The molecule has 0 N–H and O–H groups in total. The molecule has 140 valence electrons. The fourth-order valence-electron chi connectivity index (χ4n) is 4.53. The quantitative estimate of drug-likeness (QED) is 0.301. The molecule has 4 aromatic carbocycles. The summed E-state index contributed by atoms with van der Waals surface area (Å²) in [5.74, 6) is 0.716. The van der Waals surface area contributed by atoms with E-state index in [9.17, 15) is 0 Å². The van der Waals surface area contributed by atoms with Gasteiger partial charge in [0.25, 0.3) is 0 Å². The lowest BCUT2D eigenvalue weighted by molar-refractivity contribution is 1.01. The average molecular weight is 401 g/mol. The molecule has 6 aromatic rings. The smallest absolute Gasteiger partial charge is 0.235 e. The van der Waals surface area contributed by atoms with Crippen LogP contribution in [0.5, 0.6) is 0 Å². The van der Waals surface area contributed by atoms with Crippen LogP contribution in [-0.4, -0.2) is 14.5 Å². The number of hydrogen-bond donors (Lipinski definition) is 0. The van der Waals surface area contributed by atoms with Crippen molar-refractivity contribution in [2.75, 3.05) is 0 Å². The summed E-state index contributed by atoms with van der Waals surface area (Å²) in [4.78, 5) is 12.6. The Balaban J connectivity index is 1.65. The number of nitrogens with zero attached hydrogens (tertiary/aromatic N) is 3. The van der Waals surface area contributed by atoms with Gasteiger partial charge in [-0.2, -0.15) is 0 Å². The number of hydrogen-bond acceptors (Lipinski definition) is 3. The minimum atomic E-state index is 0.716. The summed E-state index contributed by atoms with van der Waals surface area (Å²) in [7, 11) is 0. The third-order valence-electron chi connectivity index (χ3n) is 5.82. The summed E-state index contributed by atoms with van der Waals surface area (Å²) in [5, 5.41) is 3.58. The Kier molecular flexibility index (Phi) is 3.21. The molecule has 2 aromatic heterocycles. The van der Waals surface area contributed by atoms with Gasteiger partial charge in [-0.05, 0) is 30.3 Å². The van der Waals surface area contributed by atoms with Crippen LogP contribution in [0.25, 0.3) is 49.9 Å². The molecular weight excluding hydrogens is 386 g/mol. The van der Waals surface area contributed by atoms with Crippen molar-refractivity contribution in [2.24, 2.45) is 0 Å². The van der Waals surface area contributed by atoms with Crippen molar-refractivity contribution in [2.45, 2.75) is 9.79 Å². The Hall–Kier alpha value is -3.63. The van der Waals surface area contributed by atoms with Crippen LogP contribution < -0.4 is 0 Å². The topological polar surface area (TPSA) is 30.7 Å². The van der Waals surface area contributed by atoms with Crippen LogP contribution in [0.2, 0.25) is 0 Å². The number of para-hydroxylation sites is 2. The molecule has 1 aliphatic heterocycles. The normalized spacial score (nSPS) is 12.5. The average Bonchev–Trinajstić information content (AvgIpc) is 3.14. The van der Waals surface area contributed by atoms with Gasteiger partial charge >= 0.3 is 0 Å². The van der Waals surface area contributed by atoms with Crippen LogP contribution >= 0.6 is 11.8 Å². The van der Waals surface area contributed by atoms with Crippen LogP contribution in [0.3, 0.4) is 0 Å². The number of benzene rings is 4. The van der Waals surface area contributed by atoms with Crippen molar-refractivity contribution in [1.29, 1.82) is 0 Å². The van der Waals surface area contributed by atoms with E-state index in [0.29, 0.717) is 5.95 Å². The first-order valence-electron chi connectivity index (χ1n) is 9.95. The van der Waals surface area contributed by atoms with Gasteiger partial charge in [-0.1, -0.05) is 72.4 Å². The Bertz CT molecular complexity index is 1580. The first-order valence-corrected chi connectivity index (χ1v) is 10.8. The van der Waals surface area contributed by atoms with E-state index >= 15 is 0 Å². The van der Waals surface area contributed by atoms with E-state index in [1.54, 1.807) is 11.8 Å². The van der Waals surface area contributed by atoms with Gasteiger partial charge < -0.3 is 0 Å². The van der Waals surface area contributed by atoms with Gasteiger partial charge in [0, 0.05) is 31.5 Å². The predicted molar refractivity (Wildman–Crippen MR) is 123 cm³/mol. The maximum absolute atomic E-state index is 5.15. The van der Waals surface area contributed by atoms with E-state index in [2.05, 4.69) is 95.6 Å². The van der Waals surface area contributed by atoms with Crippen LogP contribution in [0, 0.1) is 0 Å². The number of fused-ring (bicyclic) bond motifs is 5. The fourth-order valence-corrected chi connectivity index (χ4v) is 5.64. The molecule has 4 heteroatoms. The molecule has 0 saturated carbocycles. The Morgan fingerprint density at radius 1 is 0.600 bits per heavy atom. The molecule has 0 fully saturated rings. The SMILES string of the molecule is c1ccc2c(c1)Sc1cccc3nc(-n4c5ccccc5c5ccccc54)nc-2c13. The van der Waals surface area contributed by atoms with Gasteiger partial charge in [0.2, 0.25) is 5.95 Å². The number of rotatable bonds is 1. The van der Waals surface area contributed by atoms with Gasteiger partial charge in [-0.3, -0.25) is 4.57 Å². The maximum atomic E-state index is 5.15. The van der Waals surface area contributed by atoms with E-state index < -0.39 is 0 Å². The zero-order valence-corrected chi connectivity index (χ0v) is 16.7. The van der Waals surface area contributed by atoms with Crippen molar-refractivity contribution >= 4 is 44.5 Å². The van der Waals surface area contributed by atoms with E-state index in [1.165, 1.54) is 26.1 Å². The summed E-state index contributed by atoms with van der Waals surface area (Å²) in [6, 6.07) is 31.8. The minimum Gasteiger partial charge on any atom is -0.278 e. The van der Waals surface area contributed by atoms with Crippen LogP contribution in [-0.2, 0) is 0 Å². The highest BCUT2D eigenvalue weighted by molar-refractivity contribution is 7.99. The predicted octanol–water partition coefficient (Wildman–Crippen LogP) is 6.86. The number of aromatic nitrogens is 3. The van der Waals surface area contributed by atoms with Crippen LogP contribution in [0.15, 0.2) is 101 Å². The second-order valence-electron chi connectivity index (χ2n) is 7.49. The van der Waals surface area contributed by atoms with Crippen molar-refractivity contribution in [3.05, 3.63) is 91.0 Å². The first kappa shape index (κ1) is 16.2. The van der Waals surface area contributed by atoms with E-state index in [4.69, 9.17) is 9.97 Å². The zero-order valence-electron chi connectivity index (χ0n) is 15.9. The molecule has 0 amide bonds. The van der Waals surface area contributed by atoms with Crippen LogP contribution in [0.4, 0.5) is 0 Å². The van der Waals surface area contributed by atoms with E-state index in [0.717, 1.165) is 27.6 Å². The maximum Gasteiger partial charge on any atom is 0.235 e. The third kappa shape index (κ3) is 2.11. The Labute approximate surface area is 177 Å². The summed E-state index contributed by atoms with van der Waals surface area (Å²) < 4.78 is 2.19. The Morgan fingerprint density at radius 3 is 2.07 bits per heavy atom. The standard InChI is InChI=1S/C26H15N3S/c1-4-12-20-16(8-1)17-9-2-5-13-21(17)29(20)26-27-19-11-7-15-23-24(19)25(28-26)18-10-3-6-14-22(18)30-23/h1-15H. The molecule has 3 nitrogen and oxygen atoms in total. The van der Waals surface area contributed by atoms with Crippen molar-refractivity contribution in [1.82, 2.24) is 14.5 Å². The van der Waals surface area contributed by atoms with Gasteiger partial charge in [-0.15, -0.1) is 0 Å². The van der Waals surface area contributed by atoms with Gasteiger partial charge in [0.1, 0.15) is 0 Å². The van der Waals surface area contributed by atoms with Gasteiger partial charge in [-0.25, -0.2) is 9.97 Å². The highest BCUT2D eigenvalue weighted by Gasteiger charge is 2.23. The molecule has 3 heterocycles. The molecule has 0 aliphatic carbocycles. The summed E-state index contributed by atoms with van der Waals surface area (Å²) >= 11 is 1.80. The molecule has 0 saturated heterocycles. The molecular formula is C26H15N3S. The first-order chi connectivity index (χ1) is 14.9. The van der Waals surface area contributed by atoms with E-state index in [1.807, 2.05) is 0 Å². The fraction of sp³-hybridized carbons (Fsp3) is 0. The molecule has 0 spiro atoms. The monoisotopic (exact) mass is 401 g/mol. The second kappa shape index (κ2) is 5.94. The van der Waals surface area contributed by atoms with Gasteiger partial charge in [0.15, 0.2) is 0 Å². The van der Waals surface area contributed by atoms with E-state index in [-0.39, 0.29) is 0 Å². The minimum absolute atomic E-state index is 0.716. The molecule has 1 aliphatic rings. The molecule has 0 atom stereocenters. The van der Waals surface area contributed by atoms with Crippen molar-refractivity contribution in [3.8, 4) is 17.2 Å². The molecule has 7 rings (SSSR count). The third-order valence-corrected chi connectivity index (χ3v) is 6.95. The second-order valence-corrected chi connectivity index (χ2v) is 8.57. The molecule has 0 radical (unpaired) electrons. The van der Waals surface area contributed by atoms with Crippen molar-refractivity contribution < 1.29 is 0 Å². The summed E-state index contributed by atoms with van der Waals surface area (Å²) in [6.45, 7) is 0. The lowest BCUT2D eigenvalue weighted by Crippen LogP contribution is -2.05. The molecule has 0 unspecified atom stereocenters. The lowest BCUT2D eigenvalue weighted by Gasteiger charge is -2.20. The van der Waals surface area contributed by atoms with Gasteiger partial charge in [0.05, 0.1) is 22.2 Å². The molecule has 30 heavy (non-hydrogen) atoms.